The molecule has 1 aromatic heterocycles. The van der Waals surface area contributed by atoms with Gasteiger partial charge in [-0.25, -0.2) is 4.79 Å². The molecular formula is C24H22BrN3O4S. The second-order valence-corrected chi connectivity index (χ2v) is 10.6. The minimum absolute atomic E-state index is 0.0821. The molecule has 0 spiro atoms. The van der Waals surface area contributed by atoms with Crippen LogP contribution in [0.5, 0.6) is 0 Å². The maximum Gasteiger partial charge on any atom is 0.408 e. The minimum atomic E-state index is -1.30. The molecule has 0 bridgehead atoms. The fraction of sp³-hybridized carbons (Fsp3) is 0.208. The summed E-state index contributed by atoms with van der Waals surface area (Å²) in [7, 11) is 0. The second kappa shape index (κ2) is 8.99. The number of carbonyl (C=O) groups excluding carboxylic acids is 3. The van der Waals surface area contributed by atoms with E-state index < -0.39 is 23.4 Å². The Balaban J connectivity index is 1.42. The summed E-state index contributed by atoms with van der Waals surface area (Å²) in [5, 5.41) is 5.26. The predicted octanol–water partition coefficient (Wildman–Crippen LogP) is 4.87. The van der Waals surface area contributed by atoms with Crippen molar-refractivity contribution in [2.45, 2.75) is 25.3 Å². The third kappa shape index (κ3) is 4.65. The van der Waals surface area contributed by atoms with Crippen LogP contribution in [0.25, 0.3) is 11.1 Å². The van der Waals surface area contributed by atoms with Crippen LogP contribution in [0.2, 0.25) is 0 Å². The van der Waals surface area contributed by atoms with E-state index in [1.54, 1.807) is 19.9 Å². The Labute approximate surface area is 203 Å². The lowest BCUT2D eigenvalue weighted by atomic mass is 9.98. The van der Waals surface area contributed by atoms with E-state index in [1.807, 2.05) is 36.4 Å². The summed E-state index contributed by atoms with van der Waals surface area (Å²) in [6.07, 6.45) is -0.710. The number of amides is 3. The molecule has 3 amide bonds. The number of alkyl carbamates (subject to hydrolysis) is 1. The van der Waals surface area contributed by atoms with E-state index in [0.717, 1.165) is 33.6 Å². The number of hydrogen-bond acceptors (Lipinski definition) is 5. The van der Waals surface area contributed by atoms with Crippen molar-refractivity contribution < 1.29 is 19.1 Å². The van der Waals surface area contributed by atoms with Gasteiger partial charge in [-0.3, -0.25) is 9.59 Å². The normalized spacial score (nSPS) is 12.6. The molecule has 4 rings (SSSR count). The van der Waals surface area contributed by atoms with E-state index in [1.165, 1.54) is 0 Å². The molecule has 1 aliphatic carbocycles. The topological polar surface area (TPSA) is 111 Å². The standard InChI is InChI=1S/C24H22BrN3O4S/c1-24(2,22(30)27-18-11-19(25)33-20(18)21(26)29)28-23(31)32-12-17-15-9-5-3-7-13(15)14-8-4-6-10-16(14)17/h3-11,17H,12H2,1-2H3,(H2,26,29)(H,27,30)(H,28,31). The lowest BCUT2D eigenvalue weighted by Crippen LogP contribution is -2.52. The van der Waals surface area contributed by atoms with Crippen molar-refractivity contribution in [1.82, 2.24) is 5.32 Å². The third-order valence-electron chi connectivity index (χ3n) is 5.50. The second-order valence-electron chi connectivity index (χ2n) is 8.19. The van der Waals surface area contributed by atoms with Gasteiger partial charge in [0.1, 0.15) is 17.0 Å². The third-order valence-corrected chi connectivity index (χ3v) is 7.15. The molecule has 0 radical (unpaired) electrons. The Morgan fingerprint density at radius 3 is 2.21 bits per heavy atom. The van der Waals surface area contributed by atoms with E-state index in [9.17, 15) is 14.4 Å². The molecule has 2 aromatic carbocycles. The highest BCUT2D eigenvalue weighted by Gasteiger charge is 2.33. The zero-order chi connectivity index (χ0) is 23.8. The molecule has 0 saturated heterocycles. The minimum Gasteiger partial charge on any atom is -0.449 e. The van der Waals surface area contributed by atoms with Gasteiger partial charge < -0.3 is 21.1 Å². The van der Waals surface area contributed by atoms with Crippen molar-refractivity contribution in [3.63, 3.8) is 0 Å². The molecule has 3 aromatic rings. The molecule has 0 atom stereocenters. The lowest BCUT2D eigenvalue weighted by Gasteiger charge is -2.25. The Hall–Kier alpha value is -3.17. The molecule has 1 aliphatic rings. The number of carbonyl (C=O) groups is 3. The smallest absolute Gasteiger partial charge is 0.408 e. The highest BCUT2D eigenvalue weighted by molar-refractivity contribution is 9.11. The van der Waals surface area contributed by atoms with E-state index in [0.29, 0.717) is 3.79 Å². The lowest BCUT2D eigenvalue weighted by molar-refractivity contribution is -0.121. The number of primary amides is 1. The number of anilines is 1. The van der Waals surface area contributed by atoms with E-state index in [2.05, 4.69) is 38.7 Å². The van der Waals surface area contributed by atoms with Crippen LogP contribution < -0.4 is 16.4 Å². The van der Waals surface area contributed by atoms with Gasteiger partial charge >= 0.3 is 6.09 Å². The van der Waals surface area contributed by atoms with Gasteiger partial charge in [0.05, 0.1) is 9.47 Å². The highest BCUT2D eigenvalue weighted by atomic mass is 79.9. The number of thiophene rings is 1. The number of nitrogens with two attached hydrogens (primary N) is 1. The van der Waals surface area contributed by atoms with E-state index in [-0.39, 0.29) is 23.1 Å². The largest absolute Gasteiger partial charge is 0.449 e. The molecule has 4 N–H and O–H groups in total. The Kier molecular flexibility index (Phi) is 6.27. The zero-order valence-corrected chi connectivity index (χ0v) is 20.4. The average Bonchev–Trinajstić information content (AvgIpc) is 3.29. The molecule has 170 valence electrons. The van der Waals surface area contributed by atoms with Crippen LogP contribution in [0.1, 0.15) is 40.6 Å². The van der Waals surface area contributed by atoms with Gasteiger partial charge in [0.2, 0.25) is 5.91 Å². The Bertz CT molecular complexity index is 1210. The summed E-state index contributed by atoms with van der Waals surface area (Å²) in [5.74, 6) is -1.24. The molecule has 9 heteroatoms. The number of nitrogens with one attached hydrogen (secondary N) is 2. The summed E-state index contributed by atoms with van der Waals surface area (Å²) >= 11 is 4.39. The van der Waals surface area contributed by atoms with Crippen molar-refractivity contribution in [2.75, 3.05) is 11.9 Å². The van der Waals surface area contributed by atoms with Gasteiger partial charge in [-0.2, -0.15) is 0 Å². The summed E-state index contributed by atoms with van der Waals surface area (Å²) < 4.78 is 6.18. The first kappa shape index (κ1) is 23.0. The van der Waals surface area contributed by atoms with E-state index >= 15 is 0 Å². The van der Waals surface area contributed by atoms with Crippen LogP contribution in [0, 0.1) is 0 Å². The fourth-order valence-corrected chi connectivity index (χ4v) is 5.27. The van der Waals surface area contributed by atoms with Crippen LogP contribution in [0.15, 0.2) is 58.4 Å². The number of hydrogen-bond donors (Lipinski definition) is 3. The number of ether oxygens (including phenoxy) is 1. The summed E-state index contributed by atoms with van der Waals surface area (Å²) in [6.45, 7) is 3.24. The maximum absolute atomic E-state index is 12.8. The molecule has 0 saturated carbocycles. The number of fused-ring (bicyclic) bond motifs is 3. The summed E-state index contributed by atoms with van der Waals surface area (Å²) in [4.78, 5) is 37.2. The van der Waals surface area contributed by atoms with Crippen molar-refractivity contribution in [3.05, 3.63) is 74.4 Å². The van der Waals surface area contributed by atoms with Crippen LogP contribution in [0.3, 0.4) is 0 Å². The summed E-state index contributed by atoms with van der Waals surface area (Å²) in [5.41, 5.74) is 8.83. The first-order chi connectivity index (χ1) is 15.7. The van der Waals surface area contributed by atoms with Crippen molar-refractivity contribution in [3.8, 4) is 11.1 Å². The number of rotatable bonds is 6. The Morgan fingerprint density at radius 1 is 1.06 bits per heavy atom. The van der Waals surface area contributed by atoms with E-state index in [4.69, 9.17) is 10.5 Å². The van der Waals surface area contributed by atoms with Crippen molar-refractivity contribution >= 4 is 50.9 Å². The average molecular weight is 528 g/mol. The van der Waals surface area contributed by atoms with Gasteiger partial charge in [0.15, 0.2) is 0 Å². The van der Waals surface area contributed by atoms with Crippen LogP contribution >= 0.6 is 27.3 Å². The maximum atomic E-state index is 12.8. The van der Waals surface area contributed by atoms with Gasteiger partial charge in [-0.15, -0.1) is 11.3 Å². The monoisotopic (exact) mass is 527 g/mol. The van der Waals surface area contributed by atoms with Crippen LogP contribution in [-0.2, 0) is 9.53 Å². The number of benzene rings is 2. The molecule has 7 nitrogen and oxygen atoms in total. The first-order valence-corrected chi connectivity index (χ1v) is 11.8. The predicted molar refractivity (Wildman–Crippen MR) is 131 cm³/mol. The van der Waals surface area contributed by atoms with Gasteiger partial charge in [0.25, 0.3) is 5.91 Å². The van der Waals surface area contributed by atoms with Gasteiger partial charge in [0, 0.05) is 5.92 Å². The van der Waals surface area contributed by atoms with Gasteiger partial charge in [-0.05, 0) is 58.1 Å². The van der Waals surface area contributed by atoms with Crippen LogP contribution in [0.4, 0.5) is 10.5 Å². The Morgan fingerprint density at radius 2 is 1.64 bits per heavy atom. The zero-order valence-electron chi connectivity index (χ0n) is 18.0. The molecule has 0 unspecified atom stereocenters. The summed E-state index contributed by atoms with van der Waals surface area (Å²) in [6, 6.07) is 17.7. The number of halogens is 1. The molecule has 0 fully saturated rings. The molecule has 33 heavy (non-hydrogen) atoms. The molecular weight excluding hydrogens is 506 g/mol. The SMILES string of the molecule is CC(C)(NC(=O)OCC1c2ccccc2-c2ccccc21)C(=O)Nc1cc(Br)sc1C(N)=O. The van der Waals surface area contributed by atoms with Crippen LogP contribution in [-0.4, -0.2) is 30.1 Å². The highest BCUT2D eigenvalue weighted by Crippen LogP contribution is 2.44. The van der Waals surface area contributed by atoms with Crippen molar-refractivity contribution in [1.29, 1.82) is 0 Å². The fourth-order valence-electron chi connectivity index (χ4n) is 3.86. The first-order valence-electron chi connectivity index (χ1n) is 10.2. The quantitative estimate of drug-likeness (QED) is 0.424. The van der Waals surface area contributed by atoms with Crippen molar-refractivity contribution in [2.24, 2.45) is 5.73 Å². The molecule has 0 aliphatic heterocycles. The molecule has 1 heterocycles. The van der Waals surface area contributed by atoms with Gasteiger partial charge in [-0.1, -0.05) is 48.5 Å².